The van der Waals surface area contributed by atoms with Gasteiger partial charge in [0.1, 0.15) is 0 Å². The fourth-order valence-electron chi connectivity index (χ4n) is 2.66. The van der Waals surface area contributed by atoms with Gasteiger partial charge in [-0.15, -0.1) is 0 Å². The van der Waals surface area contributed by atoms with E-state index in [4.69, 9.17) is 12.2 Å². The van der Waals surface area contributed by atoms with Crippen molar-refractivity contribution < 1.29 is 4.79 Å². The summed E-state index contributed by atoms with van der Waals surface area (Å²) in [4.78, 5) is 15.0. The van der Waals surface area contributed by atoms with E-state index < -0.39 is 0 Å². The van der Waals surface area contributed by atoms with Gasteiger partial charge in [-0.2, -0.15) is 11.8 Å². The third-order valence-electron chi connectivity index (χ3n) is 4.03. The number of carbonyl (C=O) groups excluding carboxylic acids is 1. The van der Waals surface area contributed by atoms with Crippen molar-refractivity contribution in [2.75, 3.05) is 24.6 Å². The lowest BCUT2D eigenvalue weighted by molar-refractivity contribution is 0.103. The van der Waals surface area contributed by atoms with Gasteiger partial charge < -0.3 is 0 Å². The molecule has 0 saturated carbocycles. The van der Waals surface area contributed by atoms with Gasteiger partial charge in [0.05, 0.1) is 0 Å². The summed E-state index contributed by atoms with van der Waals surface area (Å²) in [5, 5.41) is 1.61. The minimum atomic E-state index is 0.0573. The number of benzene rings is 2. The lowest BCUT2D eigenvalue weighted by atomic mass is 10.0. The Bertz CT molecular complexity index is 674. The number of hydrogen-bond acceptors (Lipinski definition) is 4. The van der Waals surface area contributed by atoms with Crippen LogP contribution in [-0.4, -0.2) is 40.6 Å². The number of thiocarbonyl (C=S) groups is 1. The average molecular weight is 342 g/mol. The van der Waals surface area contributed by atoms with Crippen molar-refractivity contribution in [2.45, 2.75) is 6.54 Å². The van der Waals surface area contributed by atoms with Crippen LogP contribution in [0.2, 0.25) is 0 Å². The van der Waals surface area contributed by atoms with Gasteiger partial charge in [0.15, 0.2) is 5.78 Å². The second-order valence-electron chi connectivity index (χ2n) is 5.65. The summed E-state index contributed by atoms with van der Waals surface area (Å²) in [6.45, 7) is 3.27. The van der Waals surface area contributed by atoms with E-state index in [1.807, 2.05) is 48.2 Å². The molecule has 0 radical (unpaired) electrons. The average Bonchev–Trinajstić information content (AvgIpc) is 2.63. The van der Waals surface area contributed by atoms with Crippen molar-refractivity contribution in [3.05, 3.63) is 70.8 Å². The molecule has 2 aromatic rings. The summed E-state index contributed by atoms with van der Waals surface area (Å²) in [6, 6.07) is 15.4. The van der Waals surface area contributed by atoms with Crippen LogP contribution in [0.5, 0.6) is 0 Å². The third-order valence-corrected chi connectivity index (χ3v) is 5.25. The first-order valence-electron chi connectivity index (χ1n) is 7.75. The fraction of sp³-hybridized carbons (Fsp3) is 0.263. The van der Waals surface area contributed by atoms with E-state index in [1.54, 1.807) is 5.37 Å². The zero-order valence-electron chi connectivity index (χ0n) is 12.9. The Morgan fingerprint density at radius 1 is 1.00 bits per heavy atom. The summed E-state index contributed by atoms with van der Waals surface area (Å²) < 4.78 is 0. The molecule has 0 atom stereocenters. The van der Waals surface area contributed by atoms with Gasteiger partial charge in [0.2, 0.25) is 0 Å². The maximum Gasteiger partial charge on any atom is 0.193 e. The Hall–Kier alpha value is -1.49. The Morgan fingerprint density at radius 3 is 2.13 bits per heavy atom. The van der Waals surface area contributed by atoms with Crippen molar-refractivity contribution in [1.29, 1.82) is 0 Å². The molecule has 0 bridgehead atoms. The molecule has 1 aliphatic rings. The second-order valence-corrected chi connectivity index (χ2v) is 7.11. The molecule has 0 unspecified atom stereocenters. The number of hydrogen-bond donors (Lipinski definition) is 0. The monoisotopic (exact) mass is 341 g/mol. The van der Waals surface area contributed by atoms with E-state index in [0.717, 1.165) is 30.8 Å². The first kappa shape index (κ1) is 16.4. The molecular formula is C19H19NOS2. The summed E-state index contributed by atoms with van der Waals surface area (Å²) in [6.07, 6.45) is 0. The lowest BCUT2D eigenvalue weighted by Crippen LogP contribution is -2.31. The number of thioether (sulfide) groups is 1. The van der Waals surface area contributed by atoms with E-state index in [1.165, 1.54) is 17.1 Å². The van der Waals surface area contributed by atoms with Crippen molar-refractivity contribution in [3.8, 4) is 0 Å². The van der Waals surface area contributed by atoms with Gasteiger partial charge in [-0.25, -0.2) is 0 Å². The molecular weight excluding hydrogens is 322 g/mol. The number of ketones is 1. The van der Waals surface area contributed by atoms with E-state index in [9.17, 15) is 4.79 Å². The second kappa shape index (κ2) is 7.86. The number of carbonyl (C=O) groups is 1. The minimum Gasteiger partial charge on any atom is -0.297 e. The molecule has 0 aliphatic carbocycles. The predicted octanol–water partition coefficient (Wildman–Crippen LogP) is 3.81. The molecule has 1 fully saturated rings. The highest BCUT2D eigenvalue weighted by molar-refractivity contribution is 7.99. The highest BCUT2D eigenvalue weighted by atomic mass is 32.2. The van der Waals surface area contributed by atoms with Gasteiger partial charge >= 0.3 is 0 Å². The third kappa shape index (κ3) is 4.28. The molecule has 2 nitrogen and oxygen atoms in total. The standard InChI is InChI=1S/C19H19NOS2/c21-19(18-7-3-16(14-22)4-8-18)17-5-1-15(2-6-17)13-20-9-11-23-12-10-20/h1-8,14H,9-13H2. The van der Waals surface area contributed by atoms with Crippen molar-refractivity contribution in [2.24, 2.45) is 0 Å². The molecule has 3 rings (SSSR count). The Labute approximate surface area is 146 Å². The summed E-state index contributed by atoms with van der Waals surface area (Å²) in [5.74, 6) is 2.49. The quantitative estimate of drug-likeness (QED) is 0.608. The van der Waals surface area contributed by atoms with E-state index in [0.29, 0.717) is 5.56 Å². The van der Waals surface area contributed by atoms with Crippen molar-refractivity contribution in [3.63, 3.8) is 0 Å². The van der Waals surface area contributed by atoms with Gasteiger partial charge in [-0.1, -0.05) is 60.7 Å². The Morgan fingerprint density at radius 2 is 1.57 bits per heavy atom. The van der Waals surface area contributed by atoms with Crippen LogP contribution < -0.4 is 0 Å². The minimum absolute atomic E-state index is 0.0573. The molecule has 2 aromatic carbocycles. The van der Waals surface area contributed by atoms with Crippen LogP contribution >= 0.6 is 24.0 Å². The predicted molar refractivity (Wildman–Crippen MR) is 102 cm³/mol. The van der Waals surface area contributed by atoms with Gasteiger partial charge in [-0.05, 0) is 11.1 Å². The van der Waals surface area contributed by atoms with Crippen LogP contribution in [0, 0.1) is 0 Å². The van der Waals surface area contributed by atoms with Gasteiger partial charge in [-0.3, -0.25) is 9.69 Å². The molecule has 1 heterocycles. The summed E-state index contributed by atoms with van der Waals surface area (Å²) in [5.41, 5.74) is 3.65. The molecule has 23 heavy (non-hydrogen) atoms. The van der Waals surface area contributed by atoms with E-state index >= 15 is 0 Å². The Kier molecular flexibility index (Phi) is 5.60. The summed E-state index contributed by atoms with van der Waals surface area (Å²) >= 11 is 6.91. The molecule has 1 saturated heterocycles. The highest BCUT2D eigenvalue weighted by Gasteiger charge is 2.12. The molecule has 0 N–H and O–H groups in total. The smallest absolute Gasteiger partial charge is 0.193 e. The highest BCUT2D eigenvalue weighted by Crippen LogP contribution is 2.15. The normalized spacial score (nSPS) is 15.3. The van der Waals surface area contributed by atoms with Crippen molar-refractivity contribution in [1.82, 2.24) is 4.90 Å². The van der Waals surface area contributed by atoms with Crippen LogP contribution in [0.15, 0.2) is 48.5 Å². The van der Waals surface area contributed by atoms with Gasteiger partial charge in [0, 0.05) is 47.6 Å². The van der Waals surface area contributed by atoms with Crippen LogP contribution in [0.4, 0.5) is 0 Å². The lowest BCUT2D eigenvalue weighted by Gasteiger charge is -2.26. The first-order chi connectivity index (χ1) is 11.3. The Balaban J connectivity index is 1.67. The van der Waals surface area contributed by atoms with E-state index in [-0.39, 0.29) is 5.78 Å². The zero-order valence-corrected chi connectivity index (χ0v) is 14.5. The van der Waals surface area contributed by atoms with Gasteiger partial charge in [0.25, 0.3) is 0 Å². The number of rotatable bonds is 5. The van der Waals surface area contributed by atoms with Crippen LogP contribution in [-0.2, 0) is 6.54 Å². The molecule has 0 amide bonds. The maximum absolute atomic E-state index is 12.5. The maximum atomic E-state index is 12.5. The summed E-state index contributed by atoms with van der Waals surface area (Å²) in [7, 11) is 0. The molecule has 4 heteroatoms. The largest absolute Gasteiger partial charge is 0.297 e. The topological polar surface area (TPSA) is 20.3 Å². The number of nitrogens with zero attached hydrogens (tertiary/aromatic N) is 1. The van der Waals surface area contributed by atoms with Crippen LogP contribution in [0.1, 0.15) is 27.0 Å². The van der Waals surface area contributed by atoms with Crippen molar-refractivity contribution >= 4 is 35.1 Å². The zero-order chi connectivity index (χ0) is 16.1. The molecule has 0 spiro atoms. The van der Waals surface area contributed by atoms with E-state index in [2.05, 4.69) is 17.0 Å². The molecule has 1 aliphatic heterocycles. The van der Waals surface area contributed by atoms with Crippen LogP contribution in [0.3, 0.4) is 0 Å². The van der Waals surface area contributed by atoms with Crippen LogP contribution in [0.25, 0.3) is 0 Å². The SMILES string of the molecule is O=C(c1ccc(C=S)cc1)c1ccc(CN2CCSCC2)cc1. The molecule has 0 aromatic heterocycles. The first-order valence-corrected chi connectivity index (χ1v) is 9.38. The fourth-order valence-corrected chi connectivity index (χ4v) is 3.79. The molecule has 118 valence electrons.